The van der Waals surface area contributed by atoms with Gasteiger partial charge in [-0.05, 0) is 62.4 Å². The summed E-state index contributed by atoms with van der Waals surface area (Å²) in [6, 6.07) is 16.0. The smallest absolute Gasteiger partial charge is 0.260 e. The third-order valence-electron chi connectivity index (χ3n) is 4.20. The van der Waals surface area contributed by atoms with Gasteiger partial charge in [0.1, 0.15) is 11.5 Å². The van der Waals surface area contributed by atoms with E-state index in [1.54, 1.807) is 6.92 Å². The number of benzene rings is 2. The van der Waals surface area contributed by atoms with Gasteiger partial charge in [0.15, 0.2) is 6.10 Å². The second-order valence-electron chi connectivity index (χ2n) is 6.19. The molecule has 2 rings (SSSR count). The number of hydrogen-bond donors (Lipinski definition) is 1. The molecule has 2 aromatic rings. The number of carbonyl (C=O) groups excluding carboxylic acids is 1. The van der Waals surface area contributed by atoms with Crippen LogP contribution in [0.5, 0.6) is 11.5 Å². The normalized spacial score (nSPS) is 11.7. The monoisotopic (exact) mass is 355 g/mol. The maximum absolute atomic E-state index is 12.2. The van der Waals surface area contributed by atoms with Crippen LogP contribution >= 0.6 is 0 Å². The summed E-state index contributed by atoms with van der Waals surface area (Å²) < 4.78 is 11.3. The highest BCUT2D eigenvalue weighted by Crippen LogP contribution is 2.19. The number of amides is 1. The first-order valence-electron chi connectivity index (χ1n) is 9.38. The molecule has 0 heterocycles. The summed E-state index contributed by atoms with van der Waals surface area (Å²) in [7, 11) is 0. The quantitative estimate of drug-likeness (QED) is 0.651. The van der Waals surface area contributed by atoms with Gasteiger partial charge < -0.3 is 14.8 Å². The molecule has 0 aliphatic heterocycles. The molecule has 4 nitrogen and oxygen atoms in total. The molecule has 26 heavy (non-hydrogen) atoms. The minimum Gasteiger partial charge on any atom is -0.494 e. The van der Waals surface area contributed by atoms with Crippen molar-refractivity contribution in [3.05, 3.63) is 59.7 Å². The molecule has 0 aromatic heterocycles. The average molecular weight is 355 g/mol. The van der Waals surface area contributed by atoms with E-state index in [-0.39, 0.29) is 5.91 Å². The van der Waals surface area contributed by atoms with Gasteiger partial charge in [-0.2, -0.15) is 0 Å². The predicted octanol–water partition coefficient (Wildman–Crippen LogP) is 4.16. The summed E-state index contributed by atoms with van der Waals surface area (Å²) in [4.78, 5) is 12.2. The van der Waals surface area contributed by atoms with E-state index in [4.69, 9.17) is 9.47 Å². The molecule has 0 aliphatic carbocycles. The largest absolute Gasteiger partial charge is 0.494 e. The zero-order valence-electron chi connectivity index (χ0n) is 16.0. The van der Waals surface area contributed by atoms with Crippen LogP contribution in [0, 0.1) is 0 Å². The Balaban J connectivity index is 1.72. The Morgan fingerprint density at radius 3 is 2.50 bits per heavy atom. The molecule has 2 aromatic carbocycles. The van der Waals surface area contributed by atoms with E-state index in [9.17, 15) is 4.79 Å². The summed E-state index contributed by atoms with van der Waals surface area (Å²) in [5.41, 5.74) is 2.35. The van der Waals surface area contributed by atoms with Gasteiger partial charge in [-0.1, -0.05) is 37.3 Å². The number of carbonyl (C=O) groups is 1. The Morgan fingerprint density at radius 2 is 1.81 bits per heavy atom. The van der Waals surface area contributed by atoms with Crippen molar-refractivity contribution in [2.45, 2.75) is 46.1 Å². The van der Waals surface area contributed by atoms with E-state index in [0.717, 1.165) is 36.3 Å². The van der Waals surface area contributed by atoms with Crippen molar-refractivity contribution >= 4 is 5.91 Å². The van der Waals surface area contributed by atoms with E-state index < -0.39 is 6.10 Å². The molecule has 140 valence electrons. The van der Waals surface area contributed by atoms with Crippen molar-refractivity contribution in [2.75, 3.05) is 13.2 Å². The summed E-state index contributed by atoms with van der Waals surface area (Å²) in [6.45, 7) is 7.15. The van der Waals surface area contributed by atoms with Gasteiger partial charge in [0, 0.05) is 6.54 Å². The fraction of sp³-hybridized carbons (Fsp3) is 0.409. The average Bonchev–Trinajstić information content (AvgIpc) is 2.67. The van der Waals surface area contributed by atoms with Gasteiger partial charge in [0.25, 0.3) is 5.91 Å². The Kier molecular flexibility index (Phi) is 8.00. The van der Waals surface area contributed by atoms with Crippen LogP contribution < -0.4 is 14.8 Å². The van der Waals surface area contributed by atoms with Crippen molar-refractivity contribution in [3.8, 4) is 11.5 Å². The lowest BCUT2D eigenvalue weighted by Crippen LogP contribution is -2.37. The molecule has 1 unspecified atom stereocenters. The first-order chi connectivity index (χ1) is 12.6. The molecular formula is C22H29NO3. The second-order valence-corrected chi connectivity index (χ2v) is 6.19. The fourth-order valence-corrected chi connectivity index (χ4v) is 2.72. The molecule has 0 aliphatic rings. The number of aryl methyl sites for hydroxylation is 2. The van der Waals surface area contributed by atoms with Crippen molar-refractivity contribution < 1.29 is 14.3 Å². The van der Waals surface area contributed by atoms with Crippen LogP contribution in [0.4, 0.5) is 0 Å². The van der Waals surface area contributed by atoms with Gasteiger partial charge in [0.05, 0.1) is 6.61 Å². The lowest BCUT2D eigenvalue weighted by Gasteiger charge is -2.17. The molecule has 0 spiro atoms. The topological polar surface area (TPSA) is 47.6 Å². The van der Waals surface area contributed by atoms with Crippen molar-refractivity contribution in [1.29, 1.82) is 0 Å². The van der Waals surface area contributed by atoms with Crippen LogP contribution in [0.3, 0.4) is 0 Å². The molecule has 1 atom stereocenters. The minimum absolute atomic E-state index is 0.0809. The van der Waals surface area contributed by atoms with Gasteiger partial charge in [0.2, 0.25) is 0 Å². The Hall–Kier alpha value is -2.49. The highest BCUT2D eigenvalue weighted by atomic mass is 16.5. The molecule has 4 heteroatoms. The first-order valence-corrected chi connectivity index (χ1v) is 9.38. The summed E-state index contributed by atoms with van der Waals surface area (Å²) >= 11 is 0. The van der Waals surface area contributed by atoms with Crippen LogP contribution in [0.1, 0.15) is 38.3 Å². The van der Waals surface area contributed by atoms with Crippen LogP contribution in [0.15, 0.2) is 48.5 Å². The van der Waals surface area contributed by atoms with Gasteiger partial charge >= 0.3 is 0 Å². The second kappa shape index (κ2) is 10.5. The number of ether oxygens (including phenoxy) is 2. The summed E-state index contributed by atoms with van der Waals surface area (Å²) in [5.74, 6) is 1.59. The Bertz CT molecular complexity index is 682. The standard InChI is InChI=1S/C22H29NO3/c1-4-19-10-6-7-11-21(19)26-17(3)22(24)23-16-8-9-18-12-14-20(15-13-18)25-5-2/h6-7,10-15,17H,4-5,8-9,16H2,1-3H3,(H,23,24). The van der Waals surface area contributed by atoms with Gasteiger partial charge in [-0.3, -0.25) is 4.79 Å². The molecule has 1 amide bonds. The van der Waals surface area contributed by atoms with E-state index in [1.807, 2.05) is 43.3 Å². The molecule has 0 radical (unpaired) electrons. The maximum Gasteiger partial charge on any atom is 0.260 e. The van der Waals surface area contributed by atoms with Crippen LogP contribution in [0.25, 0.3) is 0 Å². The van der Waals surface area contributed by atoms with Crippen LogP contribution in [-0.4, -0.2) is 25.2 Å². The highest BCUT2D eigenvalue weighted by molar-refractivity contribution is 5.80. The number of para-hydroxylation sites is 1. The zero-order chi connectivity index (χ0) is 18.8. The third-order valence-corrected chi connectivity index (χ3v) is 4.20. The van der Waals surface area contributed by atoms with Gasteiger partial charge in [-0.15, -0.1) is 0 Å². The van der Waals surface area contributed by atoms with E-state index in [1.165, 1.54) is 5.56 Å². The first kappa shape index (κ1) is 19.8. The lowest BCUT2D eigenvalue weighted by atomic mass is 10.1. The number of rotatable bonds is 10. The zero-order valence-corrected chi connectivity index (χ0v) is 16.0. The number of hydrogen-bond acceptors (Lipinski definition) is 3. The third kappa shape index (κ3) is 6.10. The van der Waals surface area contributed by atoms with Crippen LogP contribution in [-0.2, 0) is 17.6 Å². The maximum atomic E-state index is 12.2. The highest BCUT2D eigenvalue weighted by Gasteiger charge is 2.15. The lowest BCUT2D eigenvalue weighted by molar-refractivity contribution is -0.127. The van der Waals surface area contributed by atoms with Crippen molar-refractivity contribution in [1.82, 2.24) is 5.32 Å². The summed E-state index contributed by atoms with van der Waals surface area (Å²) in [5, 5.41) is 2.95. The molecule has 0 saturated heterocycles. The van der Waals surface area contributed by atoms with Crippen molar-refractivity contribution in [3.63, 3.8) is 0 Å². The number of nitrogens with one attached hydrogen (secondary N) is 1. The molecular weight excluding hydrogens is 326 g/mol. The summed E-state index contributed by atoms with van der Waals surface area (Å²) in [6.07, 6.45) is 2.18. The molecule has 0 bridgehead atoms. The fourth-order valence-electron chi connectivity index (χ4n) is 2.72. The van der Waals surface area contributed by atoms with Crippen molar-refractivity contribution in [2.24, 2.45) is 0 Å². The van der Waals surface area contributed by atoms with E-state index >= 15 is 0 Å². The van der Waals surface area contributed by atoms with Gasteiger partial charge in [-0.25, -0.2) is 0 Å². The molecule has 1 N–H and O–H groups in total. The Labute approximate surface area is 156 Å². The van der Waals surface area contributed by atoms with Crippen LogP contribution in [0.2, 0.25) is 0 Å². The van der Waals surface area contributed by atoms with E-state index in [0.29, 0.717) is 13.2 Å². The molecule has 0 fully saturated rings. The molecule has 0 saturated carbocycles. The SMILES string of the molecule is CCOc1ccc(CCCNC(=O)C(C)Oc2ccccc2CC)cc1. The minimum atomic E-state index is -0.506. The Morgan fingerprint density at radius 1 is 1.08 bits per heavy atom. The van der Waals surface area contributed by atoms with E-state index in [2.05, 4.69) is 24.4 Å². The predicted molar refractivity (Wildman–Crippen MR) is 105 cm³/mol.